The Morgan fingerprint density at radius 1 is 1.03 bits per heavy atom. The summed E-state index contributed by atoms with van der Waals surface area (Å²) in [5.41, 5.74) is 1.10. The fourth-order valence-electron chi connectivity index (χ4n) is 2.29. The molecule has 0 spiro atoms. The summed E-state index contributed by atoms with van der Waals surface area (Å²) >= 11 is 0. The first kappa shape index (κ1) is 22.6. The lowest BCUT2D eigenvalue weighted by atomic mass is 10.1. The molecule has 2 rings (SSSR count). The van der Waals surface area contributed by atoms with E-state index in [1.807, 2.05) is 0 Å². The molecule has 0 amide bonds. The van der Waals surface area contributed by atoms with Crippen molar-refractivity contribution in [2.75, 3.05) is 6.61 Å². The number of esters is 2. The Kier molecular flexibility index (Phi) is 8.53. The molecule has 156 valence electrons. The number of carbonyl (C=O) groups excluding carboxylic acids is 2. The number of hydrogen-bond acceptors (Lipinski definition) is 6. The van der Waals surface area contributed by atoms with Crippen LogP contribution in [0.2, 0.25) is 0 Å². The number of benzene rings is 2. The van der Waals surface area contributed by atoms with Crippen LogP contribution in [0.5, 0.6) is 11.5 Å². The molecule has 0 heterocycles. The molecule has 1 unspecified atom stereocenters. The molecule has 2 aromatic carbocycles. The summed E-state index contributed by atoms with van der Waals surface area (Å²) in [4.78, 5) is 22.1. The van der Waals surface area contributed by atoms with Crippen molar-refractivity contribution in [3.05, 3.63) is 90.8 Å². The Morgan fingerprint density at radius 3 is 2.33 bits per heavy atom. The average Bonchev–Trinajstić information content (AvgIpc) is 2.74. The Labute approximate surface area is 173 Å². The Balaban J connectivity index is 1.89. The number of rotatable bonds is 10. The van der Waals surface area contributed by atoms with Gasteiger partial charge in [-0.3, -0.25) is 0 Å². The van der Waals surface area contributed by atoms with Crippen LogP contribution in [0.3, 0.4) is 0 Å². The van der Waals surface area contributed by atoms with Crippen molar-refractivity contribution in [2.24, 2.45) is 0 Å². The highest BCUT2D eigenvalue weighted by atomic mass is 19.1. The molecule has 30 heavy (non-hydrogen) atoms. The minimum absolute atomic E-state index is 0.0469. The molecule has 0 radical (unpaired) electrons. The van der Waals surface area contributed by atoms with E-state index in [1.54, 1.807) is 24.3 Å². The summed E-state index contributed by atoms with van der Waals surface area (Å²) in [6.07, 6.45) is 3.92. The average molecular weight is 412 g/mol. The van der Waals surface area contributed by atoms with Gasteiger partial charge in [-0.2, -0.15) is 0 Å². The van der Waals surface area contributed by atoms with Crippen LogP contribution in [-0.4, -0.2) is 29.9 Å². The molecule has 7 heteroatoms. The van der Waals surface area contributed by atoms with E-state index in [-0.39, 0.29) is 17.9 Å². The molecule has 0 saturated carbocycles. The highest BCUT2D eigenvalue weighted by Crippen LogP contribution is 2.19. The van der Waals surface area contributed by atoms with Gasteiger partial charge in [-0.1, -0.05) is 25.3 Å². The van der Waals surface area contributed by atoms with Crippen LogP contribution in [0.25, 0.3) is 6.08 Å². The normalized spacial score (nSPS) is 11.5. The van der Waals surface area contributed by atoms with E-state index in [0.29, 0.717) is 12.2 Å². The van der Waals surface area contributed by atoms with Crippen molar-refractivity contribution >= 4 is 18.0 Å². The number of hydrogen-bond donors (Lipinski definition) is 1. The lowest BCUT2D eigenvalue weighted by molar-refractivity contribution is -0.137. The van der Waals surface area contributed by atoms with Gasteiger partial charge in [0.15, 0.2) is 0 Å². The van der Waals surface area contributed by atoms with E-state index < -0.39 is 24.0 Å². The quantitative estimate of drug-likeness (QED) is 0.278. The van der Waals surface area contributed by atoms with Gasteiger partial charge in [-0.05, 0) is 42.0 Å². The molecule has 0 saturated heterocycles. The molecule has 1 atom stereocenters. The second-order valence-electron chi connectivity index (χ2n) is 5.94. The van der Waals surface area contributed by atoms with Crippen molar-refractivity contribution in [3.8, 4) is 11.5 Å². The fraction of sp³-hybridized carbons (Fsp3) is 0.130. The van der Waals surface area contributed by atoms with Gasteiger partial charge in [-0.25, -0.2) is 14.0 Å². The zero-order valence-electron chi connectivity index (χ0n) is 16.1. The van der Waals surface area contributed by atoms with Crippen LogP contribution < -0.4 is 9.47 Å². The summed E-state index contributed by atoms with van der Waals surface area (Å²) in [6, 6.07) is 10.7. The smallest absolute Gasteiger partial charge is 0.335 e. The third-order valence-electron chi connectivity index (χ3n) is 3.78. The highest BCUT2D eigenvalue weighted by Gasteiger charge is 2.07. The molecule has 1 N–H and O–H groups in total. The minimum atomic E-state index is -1.30. The van der Waals surface area contributed by atoms with Gasteiger partial charge >= 0.3 is 11.9 Å². The van der Waals surface area contributed by atoms with Crippen LogP contribution in [0.15, 0.2) is 73.9 Å². The van der Waals surface area contributed by atoms with Crippen LogP contribution in [0.1, 0.15) is 11.1 Å². The molecular weight excluding hydrogens is 391 g/mol. The second-order valence-corrected chi connectivity index (χ2v) is 5.94. The third kappa shape index (κ3) is 7.37. The van der Waals surface area contributed by atoms with E-state index in [0.717, 1.165) is 23.8 Å². The highest BCUT2D eigenvalue weighted by molar-refractivity contribution is 5.83. The van der Waals surface area contributed by atoms with E-state index >= 15 is 0 Å². The van der Waals surface area contributed by atoms with Crippen LogP contribution >= 0.6 is 0 Å². The number of aliphatic hydroxyl groups is 1. The molecule has 0 aromatic heterocycles. The van der Waals surface area contributed by atoms with Crippen molar-refractivity contribution in [1.82, 2.24) is 0 Å². The van der Waals surface area contributed by atoms with Crippen LogP contribution in [0, 0.1) is 5.82 Å². The summed E-state index contributed by atoms with van der Waals surface area (Å²) < 4.78 is 29.2. The topological polar surface area (TPSA) is 82.1 Å². The summed E-state index contributed by atoms with van der Waals surface area (Å²) in [7, 11) is 0. The zero-order valence-corrected chi connectivity index (χ0v) is 16.1. The summed E-state index contributed by atoms with van der Waals surface area (Å²) in [5.74, 6) is -1.34. The molecule has 0 aliphatic carbocycles. The van der Waals surface area contributed by atoms with Gasteiger partial charge in [0.1, 0.15) is 17.3 Å². The first-order valence-corrected chi connectivity index (χ1v) is 8.96. The third-order valence-corrected chi connectivity index (χ3v) is 3.78. The fourth-order valence-corrected chi connectivity index (χ4v) is 2.29. The van der Waals surface area contributed by atoms with E-state index in [9.17, 15) is 19.1 Å². The van der Waals surface area contributed by atoms with E-state index in [2.05, 4.69) is 13.2 Å². The standard InChI is InChI=1S/C23H21FO6/c1-3-21(25)28-14-13-16-5-9-18(10-6-16)29-23(27)12-8-17-7-11-19(15-20(17)24)30-22(26)4-2/h3-12,15,23,27H,1-2,13-14H2/b12-8+. The van der Waals surface area contributed by atoms with Gasteiger partial charge in [0.25, 0.3) is 0 Å². The SMILES string of the molecule is C=CC(=O)OCCc1ccc(OC(O)/C=C/c2ccc(OC(=O)C=C)cc2F)cc1. The van der Waals surface area contributed by atoms with Gasteiger partial charge in [0.2, 0.25) is 6.29 Å². The van der Waals surface area contributed by atoms with Crippen molar-refractivity contribution in [1.29, 1.82) is 0 Å². The van der Waals surface area contributed by atoms with E-state index in [4.69, 9.17) is 14.2 Å². The van der Waals surface area contributed by atoms with Gasteiger partial charge in [0, 0.05) is 30.2 Å². The molecule has 2 aromatic rings. The molecule has 0 fully saturated rings. The maximum atomic E-state index is 14.1. The van der Waals surface area contributed by atoms with Gasteiger partial charge in [0.05, 0.1) is 6.61 Å². The molecule has 0 bridgehead atoms. The summed E-state index contributed by atoms with van der Waals surface area (Å²) in [6.45, 7) is 6.81. The first-order valence-electron chi connectivity index (χ1n) is 8.96. The molecule has 6 nitrogen and oxygen atoms in total. The Hall–Kier alpha value is -3.71. The van der Waals surface area contributed by atoms with Gasteiger partial charge in [-0.15, -0.1) is 0 Å². The van der Waals surface area contributed by atoms with Crippen molar-refractivity contribution in [2.45, 2.75) is 12.7 Å². The van der Waals surface area contributed by atoms with Crippen molar-refractivity contribution in [3.63, 3.8) is 0 Å². The minimum Gasteiger partial charge on any atom is -0.462 e. The Bertz CT molecular complexity index is 933. The number of halogens is 1. The molecular formula is C23H21FO6. The van der Waals surface area contributed by atoms with E-state index in [1.165, 1.54) is 24.3 Å². The predicted molar refractivity (Wildman–Crippen MR) is 109 cm³/mol. The van der Waals surface area contributed by atoms with Crippen molar-refractivity contribution < 1.29 is 33.3 Å². The lowest BCUT2D eigenvalue weighted by Crippen LogP contribution is -2.12. The second kappa shape index (κ2) is 11.3. The monoisotopic (exact) mass is 412 g/mol. The van der Waals surface area contributed by atoms with Gasteiger partial charge < -0.3 is 19.3 Å². The van der Waals surface area contributed by atoms with Crippen LogP contribution in [-0.2, 0) is 20.7 Å². The first-order chi connectivity index (χ1) is 14.4. The maximum Gasteiger partial charge on any atom is 0.335 e. The number of ether oxygens (including phenoxy) is 3. The zero-order chi connectivity index (χ0) is 21.9. The Morgan fingerprint density at radius 2 is 1.70 bits per heavy atom. The number of aliphatic hydroxyl groups excluding tert-OH is 1. The largest absolute Gasteiger partial charge is 0.462 e. The lowest BCUT2D eigenvalue weighted by Gasteiger charge is -2.11. The molecule has 0 aliphatic heterocycles. The van der Waals surface area contributed by atoms with Crippen LogP contribution in [0.4, 0.5) is 4.39 Å². The number of carbonyl (C=O) groups is 2. The maximum absolute atomic E-state index is 14.1. The molecule has 0 aliphatic rings. The summed E-state index contributed by atoms with van der Waals surface area (Å²) in [5, 5.41) is 9.98. The predicted octanol–water partition coefficient (Wildman–Crippen LogP) is 3.60.